The molecule has 6 heteroatoms. The van der Waals surface area contributed by atoms with Gasteiger partial charge in [-0.3, -0.25) is 14.6 Å². The van der Waals surface area contributed by atoms with Gasteiger partial charge in [0.1, 0.15) is 11.9 Å². The van der Waals surface area contributed by atoms with Gasteiger partial charge in [0, 0.05) is 12.3 Å². The summed E-state index contributed by atoms with van der Waals surface area (Å²) in [7, 11) is 0. The van der Waals surface area contributed by atoms with Gasteiger partial charge >= 0.3 is 6.03 Å². The molecule has 0 radical (unpaired) electrons. The second-order valence-corrected chi connectivity index (χ2v) is 5.39. The second kappa shape index (κ2) is 5.44. The summed E-state index contributed by atoms with van der Waals surface area (Å²) in [4.78, 5) is 27.4. The smallest absolute Gasteiger partial charge is 0.332 e. The van der Waals surface area contributed by atoms with Crippen molar-refractivity contribution in [2.24, 2.45) is 0 Å². The Morgan fingerprint density at radius 3 is 2.62 bits per heavy atom. The highest BCUT2D eigenvalue weighted by molar-refractivity contribution is 6.14. The maximum Gasteiger partial charge on any atom is 0.332 e. The first-order valence-electron chi connectivity index (χ1n) is 7.09. The van der Waals surface area contributed by atoms with Crippen LogP contribution in [0.2, 0.25) is 0 Å². The molecule has 112 valence electrons. The number of benzene rings is 1. The van der Waals surface area contributed by atoms with Gasteiger partial charge in [-0.25, -0.2) is 9.18 Å². The van der Waals surface area contributed by atoms with Gasteiger partial charge in [0.05, 0.1) is 12.6 Å². The molecule has 2 heterocycles. The molecule has 5 nitrogen and oxygen atoms in total. The lowest BCUT2D eigenvalue weighted by Crippen LogP contribution is -2.38. The van der Waals surface area contributed by atoms with Crippen molar-refractivity contribution in [3.05, 3.63) is 30.1 Å². The lowest BCUT2D eigenvalue weighted by molar-refractivity contribution is -0.128. The van der Waals surface area contributed by atoms with Gasteiger partial charge in [-0.2, -0.15) is 0 Å². The van der Waals surface area contributed by atoms with Crippen LogP contribution < -0.4 is 4.90 Å². The molecule has 0 aromatic heterocycles. The van der Waals surface area contributed by atoms with E-state index in [1.807, 2.05) is 0 Å². The third-order valence-electron chi connectivity index (χ3n) is 3.96. The van der Waals surface area contributed by atoms with Crippen molar-refractivity contribution in [2.45, 2.75) is 31.9 Å². The number of imide groups is 1. The number of halogens is 1. The van der Waals surface area contributed by atoms with Crippen LogP contribution in [0.4, 0.5) is 14.9 Å². The van der Waals surface area contributed by atoms with E-state index >= 15 is 0 Å². The third kappa shape index (κ3) is 2.51. The lowest BCUT2D eigenvalue weighted by atomic mass is 10.2. The first kappa shape index (κ1) is 14.0. The van der Waals surface area contributed by atoms with Crippen LogP contribution in [-0.4, -0.2) is 42.1 Å². The minimum Gasteiger partial charge on any atom is -0.376 e. The van der Waals surface area contributed by atoms with E-state index in [-0.39, 0.29) is 23.9 Å². The molecule has 0 saturated carbocycles. The van der Waals surface area contributed by atoms with E-state index in [0.29, 0.717) is 18.8 Å². The van der Waals surface area contributed by atoms with Crippen LogP contribution in [-0.2, 0) is 9.53 Å². The monoisotopic (exact) mass is 292 g/mol. The number of carbonyl (C=O) groups excluding carboxylic acids is 2. The minimum absolute atomic E-state index is 0.0710. The summed E-state index contributed by atoms with van der Waals surface area (Å²) in [5, 5.41) is 0. The number of anilines is 1. The SMILES string of the molecule is CC1C(=O)N(CC2CCCO2)C(=O)N1c1ccc(F)cc1. The highest BCUT2D eigenvalue weighted by atomic mass is 19.1. The predicted molar refractivity (Wildman–Crippen MR) is 74.4 cm³/mol. The van der Waals surface area contributed by atoms with E-state index in [1.54, 1.807) is 6.92 Å². The Labute approximate surface area is 122 Å². The molecule has 2 aliphatic heterocycles. The van der Waals surface area contributed by atoms with Crippen molar-refractivity contribution >= 4 is 17.6 Å². The molecule has 1 aromatic carbocycles. The third-order valence-corrected chi connectivity index (χ3v) is 3.96. The van der Waals surface area contributed by atoms with Crippen LogP contribution in [0.15, 0.2) is 24.3 Å². The summed E-state index contributed by atoms with van der Waals surface area (Å²) < 4.78 is 18.5. The summed E-state index contributed by atoms with van der Waals surface area (Å²) in [5.74, 6) is -0.611. The maximum absolute atomic E-state index is 13.0. The molecule has 21 heavy (non-hydrogen) atoms. The number of hydrogen-bond donors (Lipinski definition) is 0. The van der Waals surface area contributed by atoms with E-state index in [0.717, 1.165) is 12.8 Å². The zero-order chi connectivity index (χ0) is 15.0. The minimum atomic E-state index is -0.579. The summed E-state index contributed by atoms with van der Waals surface area (Å²) in [6.07, 6.45) is 1.75. The standard InChI is InChI=1S/C15H17FN2O3/c1-10-14(19)17(9-13-3-2-8-21-13)15(20)18(10)12-6-4-11(16)5-7-12/h4-7,10,13H,2-3,8-9H2,1H3. The van der Waals surface area contributed by atoms with E-state index in [4.69, 9.17) is 4.74 Å². The molecule has 0 spiro atoms. The number of hydrogen-bond acceptors (Lipinski definition) is 3. The molecule has 2 saturated heterocycles. The molecule has 2 atom stereocenters. The second-order valence-electron chi connectivity index (χ2n) is 5.39. The molecular weight excluding hydrogens is 275 g/mol. The quantitative estimate of drug-likeness (QED) is 0.802. The number of ether oxygens (including phenoxy) is 1. The van der Waals surface area contributed by atoms with Gasteiger partial charge in [-0.05, 0) is 44.0 Å². The fraction of sp³-hybridized carbons (Fsp3) is 0.467. The first-order chi connectivity index (χ1) is 10.1. The van der Waals surface area contributed by atoms with Crippen molar-refractivity contribution in [1.29, 1.82) is 0 Å². The van der Waals surface area contributed by atoms with Crippen molar-refractivity contribution < 1.29 is 18.7 Å². The van der Waals surface area contributed by atoms with Crippen LogP contribution in [0.5, 0.6) is 0 Å². The van der Waals surface area contributed by atoms with Crippen LogP contribution in [0.1, 0.15) is 19.8 Å². The molecular formula is C15H17FN2O3. The van der Waals surface area contributed by atoms with Crippen molar-refractivity contribution in [2.75, 3.05) is 18.1 Å². The van der Waals surface area contributed by atoms with E-state index < -0.39 is 6.04 Å². The van der Waals surface area contributed by atoms with E-state index in [2.05, 4.69) is 0 Å². The molecule has 0 aliphatic carbocycles. The van der Waals surface area contributed by atoms with Gasteiger partial charge in [0.2, 0.25) is 0 Å². The Kier molecular flexibility index (Phi) is 3.63. The van der Waals surface area contributed by atoms with Crippen LogP contribution in [0.3, 0.4) is 0 Å². The van der Waals surface area contributed by atoms with Crippen molar-refractivity contribution in [1.82, 2.24) is 4.90 Å². The molecule has 2 fully saturated rings. The Morgan fingerprint density at radius 1 is 1.29 bits per heavy atom. The predicted octanol–water partition coefficient (Wildman–Crippen LogP) is 2.16. The highest BCUT2D eigenvalue weighted by Gasteiger charge is 2.44. The van der Waals surface area contributed by atoms with Gasteiger partial charge in [0.25, 0.3) is 5.91 Å². The molecule has 2 unspecified atom stereocenters. The van der Waals surface area contributed by atoms with Gasteiger partial charge in [-0.1, -0.05) is 0 Å². The molecule has 0 N–H and O–H groups in total. The number of nitrogens with zero attached hydrogens (tertiary/aromatic N) is 2. The van der Waals surface area contributed by atoms with Crippen LogP contribution in [0.25, 0.3) is 0 Å². The Morgan fingerprint density at radius 2 is 2.00 bits per heavy atom. The summed E-state index contributed by atoms with van der Waals surface area (Å²) in [6, 6.07) is 4.63. The number of urea groups is 1. The average Bonchev–Trinajstić information content (AvgIpc) is 3.05. The van der Waals surface area contributed by atoms with Crippen molar-refractivity contribution in [3.8, 4) is 0 Å². The molecule has 0 bridgehead atoms. The molecule has 2 aliphatic rings. The zero-order valence-electron chi connectivity index (χ0n) is 11.8. The summed E-state index contributed by atoms with van der Waals surface area (Å²) in [6.45, 7) is 2.65. The fourth-order valence-corrected chi connectivity index (χ4v) is 2.82. The fourth-order valence-electron chi connectivity index (χ4n) is 2.82. The largest absolute Gasteiger partial charge is 0.376 e. The summed E-state index contributed by atoms with van der Waals surface area (Å²) >= 11 is 0. The number of carbonyl (C=O) groups is 2. The van der Waals surface area contributed by atoms with E-state index in [1.165, 1.54) is 34.1 Å². The van der Waals surface area contributed by atoms with Crippen molar-refractivity contribution in [3.63, 3.8) is 0 Å². The molecule has 3 rings (SSSR count). The topological polar surface area (TPSA) is 49.9 Å². The average molecular weight is 292 g/mol. The normalized spacial score (nSPS) is 26.0. The van der Waals surface area contributed by atoms with Gasteiger partial charge in [0.15, 0.2) is 0 Å². The number of rotatable bonds is 3. The first-order valence-corrected chi connectivity index (χ1v) is 7.09. The van der Waals surface area contributed by atoms with Gasteiger partial charge < -0.3 is 4.74 Å². The summed E-state index contributed by atoms with van der Waals surface area (Å²) in [5.41, 5.74) is 0.525. The molecule has 1 aromatic rings. The van der Waals surface area contributed by atoms with Crippen LogP contribution in [0, 0.1) is 5.82 Å². The Balaban J connectivity index is 1.81. The van der Waals surface area contributed by atoms with Gasteiger partial charge in [-0.15, -0.1) is 0 Å². The zero-order valence-corrected chi connectivity index (χ0v) is 11.8. The molecule has 3 amide bonds. The highest BCUT2D eigenvalue weighted by Crippen LogP contribution is 2.27. The Bertz CT molecular complexity index is 555. The lowest BCUT2D eigenvalue weighted by Gasteiger charge is -2.20. The Hall–Kier alpha value is -1.95. The van der Waals surface area contributed by atoms with Crippen LogP contribution >= 0.6 is 0 Å². The van der Waals surface area contributed by atoms with E-state index in [9.17, 15) is 14.0 Å². The number of amides is 3. The maximum atomic E-state index is 13.0.